The zero-order valence-corrected chi connectivity index (χ0v) is 11.1. The standard InChI is InChI=1S/C15H22N2/c1-13-6-8-15(3,14(13)2)7-4-5-10-17-11-9-16-12-17/h6,8-9,11-12H,4-5,7,10H2,1-3H3. The molecule has 1 aromatic heterocycles. The normalized spacial score (nSPS) is 23.7. The Labute approximate surface area is 104 Å². The molecule has 2 nitrogen and oxygen atoms in total. The summed E-state index contributed by atoms with van der Waals surface area (Å²) in [6.45, 7) is 7.92. The van der Waals surface area contributed by atoms with Crippen molar-refractivity contribution in [3.05, 3.63) is 42.0 Å². The first kappa shape index (κ1) is 12.2. The Hall–Kier alpha value is -1.31. The minimum Gasteiger partial charge on any atom is -0.337 e. The second-order valence-electron chi connectivity index (χ2n) is 5.32. The molecule has 0 bridgehead atoms. The predicted octanol–water partition coefficient (Wildman–Crippen LogP) is 3.97. The van der Waals surface area contributed by atoms with E-state index in [-0.39, 0.29) is 0 Å². The van der Waals surface area contributed by atoms with Crippen molar-refractivity contribution in [2.24, 2.45) is 5.41 Å². The van der Waals surface area contributed by atoms with Crippen LogP contribution in [0.15, 0.2) is 42.0 Å². The molecular weight excluding hydrogens is 208 g/mol. The highest BCUT2D eigenvalue weighted by Crippen LogP contribution is 2.40. The van der Waals surface area contributed by atoms with E-state index in [0.717, 1.165) is 6.54 Å². The Balaban J connectivity index is 1.78. The Kier molecular flexibility index (Phi) is 3.51. The van der Waals surface area contributed by atoms with Crippen LogP contribution in [0.2, 0.25) is 0 Å². The van der Waals surface area contributed by atoms with Gasteiger partial charge < -0.3 is 4.57 Å². The molecule has 1 aromatic rings. The van der Waals surface area contributed by atoms with Crippen LogP contribution in [-0.2, 0) is 6.54 Å². The molecule has 0 saturated heterocycles. The summed E-state index contributed by atoms with van der Waals surface area (Å²) in [4.78, 5) is 4.06. The van der Waals surface area contributed by atoms with Crippen LogP contribution in [0.3, 0.4) is 0 Å². The number of aryl methyl sites for hydroxylation is 1. The quantitative estimate of drug-likeness (QED) is 0.700. The van der Waals surface area contributed by atoms with Crippen molar-refractivity contribution in [2.75, 3.05) is 0 Å². The number of hydrogen-bond donors (Lipinski definition) is 0. The first-order valence-electron chi connectivity index (χ1n) is 6.45. The Bertz CT molecular complexity index is 426. The van der Waals surface area contributed by atoms with Crippen molar-refractivity contribution < 1.29 is 0 Å². The molecule has 1 aliphatic carbocycles. The van der Waals surface area contributed by atoms with E-state index in [1.807, 2.05) is 18.7 Å². The van der Waals surface area contributed by atoms with E-state index >= 15 is 0 Å². The minimum atomic E-state index is 0.305. The molecule has 1 aliphatic rings. The largest absolute Gasteiger partial charge is 0.337 e. The zero-order valence-electron chi connectivity index (χ0n) is 11.1. The van der Waals surface area contributed by atoms with Gasteiger partial charge in [0.1, 0.15) is 0 Å². The average Bonchev–Trinajstić information content (AvgIpc) is 2.91. The van der Waals surface area contributed by atoms with Gasteiger partial charge in [0.2, 0.25) is 0 Å². The summed E-state index contributed by atoms with van der Waals surface area (Å²) < 4.78 is 2.15. The molecule has 92 valence electrons. The first-order chi connectivity index (χ1) is 8.12. The number of hydrogen-bond acceptors (Lipinski definition) is 1. The van der Waals surface area contributed by atoms with Gasteiger partial charge >= 0.3 is 0 Å². The van der Waals surface area contributed by atoms with Crippen molar-refractivity contribution >= 4 is 0 Å². The molecule has 17 heavy (non-hydrogen) atoms. The number of rotatable bonds is 5. The summed E-state index contributed by atoms with van der Waals surface area (Å²) >= 11 is 0. The second-order valence-corrected chi connectivity index (χ2v) is 5.32. The summed E-state index contributed by atoms with van der Waals surface area (Å²) in [5.74, 6) is 0. The van der Waals surface area contributed by atoms with Crippen LogP contribution >= 0.6 is 0 Å². The molecule has 0 amide bonds. The fraction of sp³-hybridized carbons (Fsp3) is 0.533. The highest BCUT2D eigenvalue weighted by molar-refractivity contribution is 5.38. The third-order valence-electron chi connectivity index (χ3n) is 4.07. The molecule has 0 spiro atoms. The molecule has 0 N–H and O–H groups in total. The molecule has 1 unspecified atom stereocenters. The molecular formula is C15H22N2. The van der Waals surface area contributed by atoms with E-state index in [4.69, 9.17) is 0 Å². The fourth-order valence-electron chi connectivity index (χ4n) is 2.49. The lowest BCUT2D eigenvalue weighted by Gasteiger charge is -2.24. The fourth-order valence-corrected chi connectivity index (χ4v) is 2.49. The maximum Gasteiger partial charge on any atom is 0.0945 e. The lowest BCUT2D eigenvalue weighted by molar-refractivity contribution is 0.434. The summed E-state index contributed by atoms with van der Waals surface area (Å²) in [6, 6.07) is 0. The highest BCUT2D eigenvalue weighted by atomic mass is 15.0. The lowest BCUT2D eigenvalue weighted by atomic mass is 9.80. The van der Waals surface area contributed by atoms with Crippen LogP contribution in [0.4, 0.5) is 0 Å². The number of imidazole rings is 1. The monoisotopic (exact) mass is 230 g/mol. The van der Waals surface area contributed by atoms with Crippen molar-refractivity contribution in [2.45, 2.75) is 46.6 Å². The van der Waals surface area contributed by atoms with Crippen LogP contribution in [0.25, 0.3) is 0 Å². The molecule has 0 aromatic carbocycles. The van der Waals surface area contributed by atoms with Gasteiger partial charge in [-0.3, -0.25) is 0 Å². The Morgan fingerprint density at radius 2 is 2.12 bits per heavy atom. The molecule has 1 heterocycles. The summed E-state index contributed by atoms with van der Waals surface area (Å²) in [5, 5.41) is 0. The van der Waals surface area contributed by atoms with E-state index in [2.05, 4.69) is 42.5 Å². The lowest BCUT2D eigenvalue weighted by Crippen LogP contribution is -2.13. The summed E-state index contributed by atoms with van der Waals surface area (Å²) in [5.41, 5.74) is 3.29. The van der Waals surface area contributed by atoms with E-state index in [0.29, 0.717) is 5.41 Å². The van der Waals surface area contributed by atoms with Crippen molar-refractivity contribution in [1.82, 2.24) is 9.55 Å². The van der Waals surface area contributed by atoms with Crippen molar-refractivity contribution in [3.8, 4) is 0 Å². The summed E-state index contributed by atoms with van der Waals surface area (Å²) in [6.07, 6.45) is 14.2. The first-order valence-corrected chi connectivity index (χ1v) is 6.45. The van der Waals surface area contributed by atoms with Crippen LogP contribution in [-0.4, -0.2) is 9.55 Å². The SMILES string of the molecule is CC1=C(C)C(C)(CCCCn2ccnc2)C=C1. The Morgan fingerprint density at radius 3 is 2.71 bits per heavy atom. The topological polar surface area (TPSA) is 17.8 Å². The number of nitrogens with zero attached hydrogens (tertiary/aromatic N) is 2. The van der Waals surface area contributed by atoms with Gasteiger partial charge in [0.05, 0.1) is 6.33 Å². The average molecular weight is 230 g/mol. The second kappa shape index (κ2) is 4.91. The van der Waals surface area contributed by atoms with Gasteiger partial charge in [-0.2, -0.15) is 0 Å². The molecule has 0 saturated carbocycles. The Morgan fingerprint density at radius 1 is 1.29 bits per heavy atom. The van der Waals surface area contributed by atoms with Gasteiger partial charge in [-0.1, -0.05) is 36.6 Å². The van der Waals surface area contributed by atoms with Crippen LogP contribution < -0.4 is 0 Å². The van der Waals surface area contributed by atoms with Gasteiger partial charge in [-0.25, -0.2) is 4.98 Å². The molecule has 0 fully saturated rings. The van der Waals surface area contributed by atoms with E-state index in [9.17, 15) is 0 Å². The molecule has 1 atom stereocenters. The van der Waals surface area contributed by atoms with Gasteiger partial charge in [-0.05, 0) is 26.7 Å². The minimum absolute atomic E-state index is 0.305. The highest BCUT2D eigenvalue weighted by Gasteiger charge is 2.27. The van der Waals surface area contributed by atoms with Gasteiger partial charge in [-0.15, -0.1) is 0 Å². The molecule has 2 rings (SSSR count). The van der Waals surface area contributed by atoms with Crippen molar-refractivity contribution in [1.29, 1.82) is 0 Å². The maximum absolute atomic E-state index is 4.06. The molecule has 0 aliphatic heterocycles. The predicted molar refractivity (Wildman–Crippen MR) is 71.7 cm³/mol. The molecule has 2 heteroatoms. The van der Waals surface area contributed by atoms with Gasteiger partial charge in [0, 0.05) is 24.4 Å². The van der Waals surface area contributed by atoms with Gasteiger partial charge in [0.15, 0.2) is 0 Å². The van der Waals surface area contributed by atoms with E-state index < -0.39 is 0 Å². The van der Waals surface area contributed by atoms with Gasteiger partial charge in [0.25, 0.3) is 0 Å². The van der Waals surface area contributed by atoms with E-state index in [1.165, 1.54) is 24.8 Å². The van der Waals surface area contributed by atoms with Crippen LogP contribution in [0, 0.1) is 5.41 Å². The summed E-state index contributed by atoms with van der Waals surface area (Å²) in [7, 11) is 0. The van der Waals surface area contributed by atoms with Crippen LogP contribution in [0.5, 0.6) is 0 Å². The van der Waals surface area contributed by atoms with Crippen molar-refractivity contribution in [3.63, 3.8) is 0 Å². The third kappa shape index (κ3) is 2.68. The van der Waals surface area contributed by atoms with Crippen LogP contribution in [0.1, 0.15) is 40.0 Å². The smallest absolute Gasteiger partial charge is 0.0945 e. The molecule has 0 radical (unpaired) electrons. The zero-order chi connectivity index (χ0) is 12.3. The number of allylic oxidation sites excluding steroid dienone is 4. The number of aromatic nitrogens is 2. The number of unbranched alkanes of at least 4 members (excludes halogenated alkanes) is 1. The maximum atomic E-state index is 4.06. The third-order valence-corrected chi connectivity index (χ3v) is 4.07. The van der Waals surface area contributed by atoms with E-state index in [1.54, 1.807) is 5.57 Å².